The first kappa shape index (κ1) is 18.6. The van der Waals surface area contributed by atoms with Crippen molar-refractivity contribution in [2.75, 3.05) is 21.3 Å². The SMILES string of the molecule is COc1cc(CNC(=O)CCc2ccccc2F)cc(OC)c1OC. The summed E-state index contributed by atoms with van der Waals surface area (Å²) < 4.78 is 29.4. The molecule has 0 fully saturated rings. The van der Waals surface area contributed by atoms with Gasteiger partial charge in [0.15, 0.2) is 11.5 Å². The fourth-order valence-corrected chi connectivity index (χ4v) is 2.48. The zero-order valence-corrected chi connectivity index (χ0v) is 14.6. The van der Waals surface area contributed by atoms with Crippen LogP contribution in [0.25, 0.3) is 0 Å². The standard InChI is InChI=1S/C19H22FNO4/c1-23-16-10-13(11-17(24-2)19(16)25-3)12-21-18(22)9-8-14-6-4-5-7-15(14)20/h4-7,10-11H,8-9,12H2,1-3H3,(H,21,22). The number of nitrogens with one attached hydrogen (secondary N) is 1. The molecule has 0 bridgehead atoms. The quantitative estimate of drug-likeness (QED) is 0.797. The Hall–Kier alpha value is -2.76. The number of carbonyl (C=O) groups excluding carboxylic acids is 1. The summed E-state index contributed by atoms with van der Waals surface area (Å²) in [5, 5.41) is 2.82. The van der Waals surface area contributed by atoms with E-state index in [1.807, 2.05) is 0 Å². The van der Waals surface area contributed by atoms with Crippen LogP contribution in [0.5, 0.6) is 17.2 Å². The van der Waals surface area contributed by atoms with Crippen molar-refractivity contribution in [2.45, 2.75) is 19.4 Å². The maximum atomic E-state index is 13.6. The van der Waals surface area contributed by atoms with Crippen LogP contribution in [0.3, 0.4) is 0 Å². The molecule has 2 aromatic carbocycles. The van der Waals surface area contributed by atoms with Gasteiger partial charge in [0.2, 0.25) is 11.7 Å². The lowest BCUT2D eigenvalue weighted by Gasteiger charge is -2.14. The van der Waals surface area contributed by atoms with E-state index in [2.05, 4.69) is 5.32 Å². The van der Waals surface area contributed by atoms with Gasteiger partial charge in [-0.1, -0.05) is 18.2 Å². The van der Waals surface area contributed by atoms with Crippen molar-refractivity contribution >= 4 is 5.91 Å². The smallest absolute Gasteiger partial charge is 0.220 e. The Bertz CT molecular complexity index is 708. The molecule has 1 N–H and O–H groups in total. The number of benzene rings is 2. The van der Waals surface area contributed by atoms with Crippen LogP contribution in [0, 0.1) is 5.82 Å². The second kappa shape index (κ2) is 8.92. The van der Waals surface area contributed by atoms with Gasteiger partial charge in [0.1, 0.15) is 5.82 Å². The highest BCUT2D eigenvalue weighted by atomic mass is 19.1. The molecule has 2 rings (SSSR count). The molecule has 25 heavy (non-hydrogen) atoms. The third kappa shape index (κ3) is 4.86. The normalized spacial score (nSPS) is 10.2. The first-order chi connectivity index (χ1) is 12.1. The Balaban J connectivity index is 1.96. The van der Waals surface area contributed by atoms with Crippen molar-refractivity contribution in [2.24, 2.45) is 0 Å². The first-order valence-electron chi connectivity index (χ1n) is 7.88. The fourth-order valence-electron chi connectivity index (χ4n) is 2.48. The number of ether oxygens (including phenoxy) is 3. The largest absolute Gasteiger partial charge is 0.493 e. The van der Waals surface area contributed by atoms with Gasteiger partial charge >= 0.3 is 0 Å². The fraction of sp³-hybridized carbons (Fsp3) is 0.316. The van der Waals surface area contributed by atoms with Gasteiger partial charge in [-0.3, -0.25) is 4.79 Å². The van der Waals surface area contributed by atoms with E-state index in [1.165, 1.54) is 27.4 Å². The molecule has 0 unspecified atom stereocenters. The number of halogens is 1. The minimum Gasteiger partial charge on any atom is -0.493 e. The van der Waals surface area contributed by atoms with Gasteiger partial charge in [0.25, 0.3) is 0 Å². The molecule has 5 nitrogen and oxygen atoms in total. The molecule has 0 spiro atoms. The molecular weight excluding hydrogens is 325 g/mol. The summed E-state index contributed by atoms with van der Waals surface area (Å²) in [6.07, 6.45) is 0.569. The lowest BCUT2D eigenvalue weighted by molar-refractivity contribution is -0.121. The minimum atomic E-state index is -0.292. The van der Waals surface area contributed by atoms with E-state index in [0.29, 0.717) is 35.8 Å². The van der Waals surface area contributed by atoms with Crippen LogP contribution in [-0.2, 0) is 17.8 Å². The number of aryl methyl sites for hydroxylation is 1. The van der Waals surface area contributed by atoms with Gasteiger partial charge in [-0.15, -0.1) is 0 Å². The molecule has 134 valence electrons. The molecule has 1 amide bonds. The van der Waals surface area contributed by atoms with E-state index in [1.54, 1.807) is 30.3 Å². The maximum absolute atomic E-state index is 13.6. The summed E-state index contributed by atoms with van der Waals surface area (Å²) >= 11 is 0. The number of carbonyl (C=O) groups is 1. The van der Waals surface area contributed by atoms with Crippen LogP contribution < -0.4 is 19.5 Å². The Morgan fingerprint density at radius 1 is 1.04 bits per heavy atom. The molecule has 0 aromatic heterocycles. The van der Waals surface area contributed by atoms with Crippen LogP contribution in [-0.4, -0.2) is 27.2 Å². The van der Waals surface area contributed by atoms with Gasteiger partial charge in [-0.2, -0.15) is 0 Å². The molecular formula is C19H22FNO4. The molecule has 0 aliphatic carbocycles. The molecule has 0 radical (unpaired) electrons. The number of hydrogen-bond acceptors (Lipinski definition) is 4. The number of hydrogen-bond donors (Lipinski definition) is 1. The molecule has 0 saturated heterocycles. The number of rotatable bonds is 8. The number of amides is 1. The van der Waals surface area contributed by atoms with Crippen molar-refractivity contribution in [3.8, 4) is 17.2 Å². The van der Waals surface area contributed by atoms with Gasteiger partial charge < -0.3 is 19.5 Å². The molecule has 0 aliphatic rings. The lowest BCUT2D eigenvalue weighted by Crippen LogP contribution is -2.23. The van der Waals surface area contributed by atoms with Crippen LogP contribution in [0.15, 0.2) is 36.4 Å². The monoisotopic (exact) mass is 347 g/mol. The third-order valence-corrected chi connectivity index (χ3v) is 3.79. The summed E-state index contributed by atoms with van der Waals surface area (Å²) in [5.41, 5.74) is 1.35. The highest BCUT2D eigenvalue weighted by molar-refractivity contribution is 5.76. The van der Waals surface area contributed by atoms with Gasteiger partial charge in [-0.05, 0) is 35.7 Å². The summed E-state index contributed by atoms with van der Waals surface area (Å²) in [5.74, 6) is 1.10. The molecule has 2 aromatic rings. The average molecular weight is 347 g/mol. The van der Waals surface area contributed by atoms with Crippen molar-refractivity contribution in [1.29, 1.82) is 0 Å². The van der Waals surface area contributed by atoms with Gasteiger partial charge in [0.05, 0.1) is 21.3 Å². The van der Waals surface area contributed by atoms with Crippen LogP contribution in [0.2, 0.25) is 0 Å². The van der Waals surface area contributed by atoms with E-state index in [4.69, 9.17) is 14.2 Å². The Kier molecular flexibility index (Phi) is 6.62. The maximum Gasteiger partial charge on any atom is 0.220 e. The highest BCUT2D eigenvalue weighted by Gasteiger charge is 2.13. The Labute approximate surface area is 146 Å². The van der Waals surface area contributed by atoms with Crippen LogP contribution >= 0.6 is 0 Å². The van der Waals surface area contributed by atoms with E-state index >= 15 is 0 Å². The molecule has 0 atom stereocenters. The van der Waals surface area contributed by atoms with E-state index in [-0.39, 0.29) is 18.1 Å². The summed E-state index contributed by atoms with van der Waals surface area (Å²) in [4.78, 5) is 12.0. The molecule has 6 heteroatoms. The zero-order valence-electron chi connectivity index (χ0n) is 14.6. The predicted molar refractivity (Wildman–Crippen MR) is 92.7 cm³/mol. The first-order valence-corrected chi connectivity index (χ1v) is 7.88. The van der Waals surface area contributed by atoms with Crippen LogP contribution in [0.1, 0.15) is 17.5 Å². The third-order valence-electron chi connectivity index (χ3n) is 3.79. The second-order valence-corrected chi connectivity index (χ2v) is 5.40. The zero-order chi connectivity index (χ0) is 18.2. The minimum absolute atomic E-state index is 0.156. The molecule has 0 aliphatic heterocycles. The van der Waals surface area contributed by atoms with Crippen molar-refractivity contribution in [3.05, 3.63) is 53.3 Å². The van der Waals surface area contributed by atoms with Crippen molar-refractivity contribution in [3.63, 3.8) is 0 Å². The Morgan fingerprint density at radius 3 is 2.24 bits per heavy atom. The van der Waals surface area contributed by atoms with Crippen molar-refractivity contribution in [1.82, 2.24) is 5.32 Å². The van der Waals surface area contributed by atoms with Crippen LogP contribution in [0.4, 0.5) is 4.39 Å². The van der Waals surface area contributed by atoms with Crippen molar-refractivity contribution < 1.29 is 23.4 Å². The van der Waals surface area contributed by atoms with Gasteiger partial charge in [-0.25, -0.2) is 4.39 Å². The summed E-state index contributed by atoms with van der Waals surface area (Å²) in [6, 6.07) is 10.0. The van der Waals surface area contributed by atoms with E-state index in [9.17, 15) is 9.18 Å². The predicted octanol–water partition coefficient (Wildman–Crippen LogP) is 3.10. The summed E-state index contributed by atoms with van der Waals surface area (Å²) in [6.45, 7) is 0.312. The van der Waals surface area contributed by atoms with Gasteiger partial charge in [0, 0.05) is 13.0 Å². The average Bonchev–Trinajstić information content (AvgIpc) is 2.64. The molecule has 0 heterocycles. The highest BCUT2D eigenvalue weighted by Crippen LogP contribution is 2.38. The van der Waals surface area contributed by atoms with E-state index < -0.39 is 0 Å². The molecule has 0 saturated carbocycles. The lowest BCUT2D eigenvalue weighted by atomic mass is 10.1. The second-order valence-electron chi connectivity index (χ2n) is 5.40. The van der Waals surface area contributed by atoms with E-state index in [0.717, 1.165) is 5.56 Å². The summed E-state index contributed by atoms with van der Waals surface area (Å²) in [7, 11) is 4.60. The Morgan fingerprint density at radius 2 is 1.68 bits per heavy atom. The topological polar surface area (TPSA) is 56.8 Å². The number of methoxy groups -OCH3 is 3.